The van der Waals surface area contributed by atoms with Crippen LogP contribution in [0.3, 0.4) is 0 Å². The third-order valence-electron chi connectivity index (χ3n) is 4.77. The van der Waals surface area contributed by atoms with Crippen LogP contribution in [0.4, 0.5) is 0 Å². The Labute approximate surface area is 179 Å². The van der Waals surface area contributed by atoms with E-state index in [1.54, 1.807) is 6.92 Å². The molecule has 1 aliphatic heterocycles. The Bertz CT molecular complexity index is 594. The van der Waals surface area contributed by atoms with Gasteiger partial charge in [0.25, 0.3) is 0 Å². The Kier molecular flexibility index (Phi) is 10.6. The monoisotopic (exact) mass is 492 g/mol. The largest absolute Gasteiger partial charge is 0.357 e. The Morgan fingerprint density at radius 2 is 1.96 bits per heavy atom. The lowest BCUT2D eigenvalue weighted by atomic mass is 9.98. The van der Waals surface area contributed by atoms with Gasteiger partial charge in [0.1, 0.15) is 6.54 Å². The van der Waals surface area contributed by atoms with Gasteiger partial charge in [-0.25, -0.2) is 4.99 Å². The average molecular weight is 492 g/mol. The van der Waals surface area contributed by atoms with Gasteiger partial charge in [0, 0.05) is 38.5 Å². The number of rotatable bonds is 7. The van der Waals surface area contributed by atoms with Gasteiger partial charge >= 0.3 is 0 Å². The van der Waals surface area contributed by atoms with Crippen LogP contribution in [0.25, 0.3) is 0 Å². The maximum atomic E-state index is 12.5. The lowest BCUT2D eigenvalue weighted by molar-refractivity contribution is -0.136. The summed E-state index contributed by atoms with van der Waals surface area (Å²) >= 11 is 0. The van der Waals surface area contributed by atoms with Crippen molar-refractivity contribution < 1.29 is 9.32 Å². The third-order valence-corrected chi connectivity index (χ3v) is 4.77. The van der Waals surface area contributed by atoms with E-state index in [2.05, 4.69) is 39.6 Å². The second kappa shape index (κ2) is 12.1. The highest BCUT2D eigenvalue weighted by Gasteiger charge is 2.26. The van der Waals surface area contributed by atoms with Crippen molar-refractivity contribution in [1.82, 2.24) is 25.7 Å². The molecule has 0 bridgehead atoms. The number of likely N-dealkylation sites (tertiary alicyclic amines) is 1. The summed E-state index contributed by atoms with van der Waals surface area (Å²) in [6.07, 6.45) is 3.69. The summed E-state index contributed by atoms with van der Waals surface area (Å²) in [5, 5.41) is 10.6. The second-order valence-corrected chi connectivity index (χ2v) is 6.68. The number of hydrogen-bond donors (Lipinski definition) is 2. The van der Waals surface area contributed by atoms with Crippen LogP contribution in [-0.2, 0) is 11.3 Å². The van der Waals surface area contributed by atoms with Crippen LogP contribution < -0.4 is 10.6 Å². The molecule has 0 aromatic carbocycles. The molecule has 9 heteroatoms. The SMILES string of the molecule is CCNC(=NCc1noc(C)n1)NC1CCN(C(=O)C(CC)CC)CC1.I. The number of piperidine rings is 1. The normalized spacial score (nSPS) is 15.6. The van der Waals surface area contributed by atoms with E-state index in [-0.39, 0.29) is 29.9 Å². The first-order chi connectivity index (χ1) is 12.6. The van der Waals surface area contributed by atoms with Crippen molar-refractivity contribution in [3.8, 4) is 0 Å². The number of nitrogens with zero attached hydrogens (tertiary/aromatic N) is 4. The number of carbonyl (C=O) groups is 1. The van der Waals surface area contributed by atoms with E-state index in [1.807, 2.05) is 11.8 Å². The highest BCUT2D eigenvalue weighted by atomic mass is 127. The van der Waals surface area contributed by atoms with Crippen molar-refractivity contribution >= 4 is 35.8 Å². The lowest BCUT2D eigenvalue weighted by Gasteiger charge is -2.34. The van der Waals surface area contributed by atoms with Gasteiger partial charge in [-0.05, 0) is 32.6 Å². The van der Waals surface area contributed by atoms with Gasteiger partial charge in [0.05, 0.1) is 0 Å². The summed E-state index contributed by atoms with van der Waals surface area (Å²) in [6.45, 7) is 10.7. The highest BCUT2D eigenvalue weighted by Crippen LogP contribution is 2.17. The smallest absolute Gasteiger partial charge is 0.225 e. The number of guanidine groups is 1. The number of nitrogens with one attached hydrogen (secondary N) is 2. The summed E-state index contributed by atoms with van der Waals surface area (Å²) in [5.41, 5.74) is 0. The van der Waals surface area contributed by atoms with E-state index in [0.29, 0.717) is 30.2 Å². The first-order valence-electron chi connectivity index (χ1n) is 9.70. The predicted molar refractivity (Wildman–Crippen MR) is 116 cm³/mol. The maximum absolute atomic E-state index is 12.5. The molecule has 1 amide bonds. The standard InChI is InChI=1S/C18H32N6O2.HI/c1-5-14(6-2)17(25)24-10-8-15(9-11-24)22-18(19-7-3)20-12-16-21-13(4)26-23-16;/h14-15H,5-12H2,1-4H3,(H2,19,20,22);1H. The maximum Gasteiger partial charge on any atom is 0.225 e. The molecular formula is C18H33IN6O2. The van der Waals surface area contributed by atoms with Crippen molar-refractivity contribution in [2.75, 3.05) is 19.6 Å². The van der Waals surface area contributed by atoms with Crippen LogP contribution in [0.2, 0.25) is 0 Å². The van der Waals surface area contributed by atoms with Crippen molar-refractivity contribution in [3.63, 3.8) is 0 Å². The van der Waals surface area contributed by atoms with Gasteiger partial charge in [-0.2, -0.15) is 4.98 Å². The molecule has 0 unspecified atom stereocenters. The molecule has 2 rings (SSSR count). The fraction of sp³-hybridized carbons (Fsp3) is 0.778. The third kappa shape index (κ3) is 7.27. The Hall–Kier alpha value is -1.39. The van der Waals surface area contributed by atoms with Crippen molar-refractivity contribution in [3.05, 3.63) is 11.7 Å². The van der Waals surface area contributed by atoms with Crippen LogP contribution in [-0.4, -0.2) is 52.6 Å². The van der Waals surface area contributed by atoms with E-state index in [9.17, 15) is 4.79 Å². The molecule has 2 heterocycles. The summed E-state index contributed by atoms with van der Waals surface area (Å²) in [5.74, 6) is 2.34. The van der Waals surface area contributed by atoms with Crippen molar-refractivity contribution in [2.24, 2.45) is 10.9 Å². The molecule has 8 nitrogen and oxygen atoms in total. The molecule has 27 heavy (non-hydrogen) atoms. The zero-order chi connectivity index (χ0) is 18.9. The topological polar surface area (TPSA) is 95.7 Å². The van der Waals surface area contributed by atoms with Gasteiger partial charge in [0.15, 0.2) is 11.8 Å². The molecular weight excluding hydrogens is 459 g/mol. The first-order valence-corrected chi connectivity index (χ1v) is 9.70. The molecule has 0 saturated carbocycles. The fourth-order valence-corrected chi connectivity index (χ4v) is 3.21. The number of halogens is 1. The number of amides is 1. The molecule has 1 aliphatic rings. The molecule has 1 aromatic rings. The van der Waals surface area contributed by atoms with Crippen molar-refractivity contribution in [1.29, 1.82) is 0 Å². The number of carbonyl (C=O) groups excluding carboxylic acids is 1. The van der Waals surface area contributed by atoms with E-state index < -0.39 is 0 Å². The van der Waals surface area contributed by atoms with Crippen LogP contribution in [0.15, 0.2) is 9.52 Å². The van der Waals surface area contributed by atoms with Gasteiger partial charge in [-0.15, -0.1) is 24.0 Å². The zero-order valence-corrected chi connectivity index (χ0v) is 19.2. The number of hydrogen-bond acceptors (Lipinski definition) is 5. The minimum absolute atomic E-state index is 0. The fourth-order valence-electron chi connectivity index (χ4n) is 3.21. The molecule has 1 fully saturated rings. The number of aliphatic imine (C=N–C) groups is 1. The average Bonchev–Trinajstić information content (AvgIpc) is 3.07. The molecule has 0 radical (unpaired) electrons. The van der Waals surface area contributed by atoms with Crippen LogP contribution in [0.1, 0.15) is 58.2 Å². The molecule has 1 saturated heterocycles. The van der Waals surface area contributed by atoms with Crippen LogP contribution in [0, 0.1) is 12.8 Å². The minimum atomic E-state index is 0. The molecule has 1 aromatic heterocycles. The van der Waals surface area contributed by atoms with Gasteiger partial charge in [0.2, 0.25) is 11.8 Å². The summed E-state index contributed by atoms with van der Waals surface area (Å²) < 4.78 is 4.97. The van der Waals surface area contributed by atoms with Crippen molar-refractivity contribution in [2.45, 2.75) is 66.0 Å². The predicted octanol–water partition coefficient (Wildman–Crippen LogP) is 2.48. The summed E-state index contributed by atoms with van der Waals surface area (Å²) in [6, 6.07) is 0.311. The quantitative estimate of drug-likeness (QED) is 0.345. The highest BCUT2D eigenvalue weighted by molar-refractivity contribution is 14.0. The van der Waals surface area contributed by atoms with E-state index in [0.717, 1.165) is 51.3 Å². The lowest BCUT2D eigenvalue weighted by Crippen LogP contribution is -2.50. The molecule has 0 aliphatic carbocycles. The van der Waals surface area contributed by atoms with Gasteiger partial charge in [-0.3, -0.25) is 4.79 Å². The van der Waals surface area contributed by atoms with Gasteiger partial charge in [-0.1, -0.05) is 19.0 Å². The van der Waals surface area contributed by atoms with E-state index in [4.69, 9.17) is 4.52 Å². The Morgan fingerprint density at radius 3 is 2.48 bits per heavy atom. The van der Waals surface area contributed by atoms with Crippen LogP contribution in [0.5, 0.6) is 0 Å². The Balaban J connectivity index is 0.00000364. The number of aryl methyl sites for hydroxylation is 1. The van der Waals surface area contributed by atoms with Gasteiger partial charge < -0.3 is 20.1 Å². The van der Waals surface area contributed by atoms with E-state index in [1.165, 1.54) is 0 Å². The van der Waals surface area contributed by atoms with Crippen LogP contribution >= 0.6 is 24.0 Å². The minimum Gasteiger partial charge on any atom is -0.357 e. The molecule has 2 N–H and O–H groups in total. The zero-order valence-electron chi connectivity index (χ0n) is 16.8. The molecule has 0 atom stereocenters. The summed E-state index contributed by atoms with van der Waals surface area (Å²) in [7, 11) is 0. The second-order valence-electron chi connectivity index (χ2n) is 6.68. The first kappa shape index (κ1) is 23.6. The Morgan fingerprint density at radius 1 is 1.30 bits per heavy atom. The number of aromatic nitrogens is 2. The summed E-state index contributed by atoms with van der Waals surface area (Å²) in [4.78, 5) is 23.2. The molecule has 0 spiro atoms. The molecule has 154 valence electrons. The van der Waals surface area contributed by atoms with E-state index >= 15 is 0 Å².